The van der Waals surface area contributed by atoms with Crippen LogP contribution in [0.25, 0.3) is 0 Å². The molecular formula is C18H19N3O2-2. The molecule has 0 saturated heterocycles. The van der Waals surface area contributed by atoms with Crippen molar-refractivity contribution in [2.45, 2.75) is 0 Å². The van der Waals surface area contributed by atoms with Gasteiger partial charge in [0.25, 0.3) is 0 Å². The molecular weight excluding hydrogens is 290 g/mol. The van der Waals surface area contributed by atoms with Crippen LogP contribution in [0.3, 0.4) is 0 Å². The number of hydrogen-bond acceptors (Lipinski definition) is 5. The van der Waals surface area contributed by atoms with Gasteiger partial charge in [-0.1, -0.05) is 48.5 Å². The minimum Gasteiger partial charge on any atom is -0.872 e. The van der Waals surface area contributed by atoms with Gasteiger partial charge in [0.2, 0.25) is 0 Å². The van der Waals surface area contributed by atoms with Gasteiger partial charge in [-0.3, -0.25) is 9.98 Å². The summed E-state index contributed by atoms with van der Waals surface area (Å²) in [4.78, 5) is 8.42. The number of nitrogens with one attached hydrogen (secondary N) is 1. The maximum atomic E-state index is 11.5. The second-order valence-electron chi connectivity index (χ2n) is 4.90. The van der Waals surface area contributed by atoms with Crippen LogP contribution in [0.4, 0.5) is 0 Å². The fourth-order valence-electron chi connectivity index (χ4n) is 1.91. The highest BCUT2D eigenvalue weighted by molar-refractivity contribution is 5.83. The second kappa shape index (κ2) is 9.38. The van der Waals surface area contributed by atoms with Gasteiger partial charge in [0.05, 0.1) is 13.1 Å². The van der Waals surface area contributed by atoms with Crippen LogP contribution in [0.5, 0.6) is 11.5 Å². The van der Waals surface area contributed by atoms with Crippen molar-refractivity contribution in [1.82, 2.24) is 5.32 Å². The quantitative estimate of drug-likeness (QED) is 0.582. The molecule has 0 heterocycles. The molecule has 0 radical (unpaired) electrons. The number of nitrogens with zero attached hydrogens (tertiary/aromatic N) is 2. The van der Waals surface area contributed by atoms with E-state index < -0.39 is 0 Å². The van der Waals surface area contributed by atoms with Crippen LogP contribution in [0.1, 0.15) is 11.1 Å². The summed E-state index contributed by atoms with van der Waals surface area (Å²) in [5, 5.41) is 26.1. The van der Waals surface area contributed by atoms with Gasteiger partial charge < -0.3 is 15.5 Å². The fraction of sp³-hybridized carbons (Fsp3) is 0.222. The molecule has 0 aliphatic heterocycles. The van der Waals surface area contributed by atoms with Crippen molar-refractivity contribution < 1.29 is 10.2 Å². The van der Waals surface area contributed by atoms with Gasteiger partial charge in [0, 0.05) is 25.5 Å². The number of hydrogen-bond donors (Lipinski definition) is 1. The van der Waals surface area contributed by atoms with E-state index in [2.05, 4.69) is 15.3 Å². The third-order valence-corrected chi connectivity index (χ3v) is 3.13. The monoisotopic (exact) mass is 309 g/mol. The molecule has 0 aliphatic rings. The third kappa shape index (κ3) is 5.92. The van der Waals surface area contributed by atoms with E-state index >= 15 is 0 Å². The molecule has 0 amide bonds. The molecule has 0 aromatic heterocycles. The first-order chi connectivity index (χ1) is 11.3. The van der Waals surface area contributed by atoms with E-state index in [1.165, 1.54) is 12.1 Å². The van der Waals surface area contributed by atoms with Crippen molar-refractivity contribution in [3.05, 3.63) is 59.7 Å². The van der Waals surface area contributed by atoms with E-state index in [-0.39, 0.29) is 11.5 Å². The van der Waals surface area contributed by atoms with Crippen molar-refractivity contribution in [2.24, 2.45) is 9.98 Å². The van der Waals surface area contributed by atoms with Crippen LogP contribution in [0.15, 0.2) is 58.5 Å². The SMILES string of the molecule is [O-]c1ccccc1C=NCCNCCN=Cc1ccccc1[O-]. The van der Waals surface area contributed by atoms with E-state index in [0.29, 0.717) is 37.3 Å². The van der Waals surface area contributed by atoms with Gasteiger partial charge in [-0.05, 0) is 11.1 Å². The smallest absolute Gasteiger partial charge is 0.0514 e. The highest BCUT2D eigenvalue weighted by Crippen LogP contribution is 2.09. The van der Waals surface area contributed by atoms with Crippen LogP contribution in [0.2, 0.25) is 0 Å². The van der Waals surface area contributed by atoms with Crippen molar-refractivity contribution >= 4 is 12.4 Å². The van der Waals surface area contributed by atoms with Crippen molar-refractivity contribution in [2.75, 3.05) is 26.2 Å². The van der Waals surface area contributed by atoms with Gasteiger partial charge in [0.1, 0.15) is 0 Å². The first-order valence-electron chi connectivity index (χ1n) is 7.50. The Morgan fingerprint density at radius 3 is 1.61 bits per heavy atom. The van der Waals surface area contributed by atoms with Gasteiger partial charge in [0.15, 0.2) is 0 Å². The molecule has 23 heavy (non-hydrogen) atoms. The summed E-state index contributed by atoms with van der Waals surface area (Å²) in [5.41, 5.74) is 1.21. The Morgan fingerprint density at radius 2 is 1.17 bits per heavy atom. The molecule has 2 aromatic carbocycles. The van der Waals surface area contributed by atoms with Crippen LogP contribution < -0.4 is 15.5 Å². The van der Waals surface area contributed by atoms with Crippen LogP contribution >= 0.6 is 0 Å². The zero-order valence-corrected chi connectivity index (χ0v) is 12.8. The Labute approximate surface area is 136 Å². The molecule has 0 aliphatic carbocycles. The molecule has 1 N–H and O–H groups in total. The number of rotatable bonds is 8. The first kappa shape index (κ1) is 16.7. The van der Waals surface area contributed by atoms with Gasteiger partial charge >= 0.3 is 0 Å². The molecule has 2 rings (SSSR count). The molecule has 2 aromatic rings. The molecule has 0 fully saturated rings. The van der Waals surface area contributed by atoms with E-state index in [9.17, 15) is 10.2 Å². The average molecular weight is 309 g/mol. The standard InChI is InChI=1S/C18H21N3O2/c22-17-7-3-1-5-15(17)13-20-11-9-19-10-12-21-14-16-6-2-4-8-18(16)23/h1-8,13-14,19,22-23H,9-12H2/p-2. The molecule has 0 unspecified atom stereocenters. The summed E-state index contributed by atoms with van der Waals surface area (Å²) in [7, 11) is 0. The van der Waals surface area contributed by atoms with Crippen molar-refractivity contribution in [3.63, 3.8) is 0 Å². The largest absolute Gasteiger partial charge is 0.872 e. The maximum absolute atomic E-state index is 11.5. The lowest BCUT2D eigenvalue weighted by Gasteiger charge is -2.08. The predicted molar refractivity (Wildman–Crippen MR) is 89.6 cm³/mol. The summed E-state index contributed by atoms with van der Waals surface area (Å²) in [5.74, 6) is -0.0330. The highest BCUT2D eigenvalue weighted by Gasteiger charge is 1.89. The predicted octanol–water partition coefficient (Wildman–Crippen LogP) is 0.961. The Hall–Kier alpha value is -2.66. The van der Waals surface area contributed by atoms with Crippen LogP contribution in [-0.2, 0) is 0 Å². The normalized spacial score (nSPS) is 11.5. The minimum atomic E-state index is -0.0165. The average Bonchev–Trinajstić information content (AvgIpc) is 2.56. The lowest BCUT2D eigenvalue weighted by atomic mass is 10.2. The Bertz CT molecular complexity index is 611. The lowest BCUT2D eigenvalue weighted by molar-refractivity contribution is -0.269. The first-order valence-corrected chi connectivity index (χ1v) is 7.50. The van der Waals surface area contributed by atoms with Gasteiger partial charge in [-0.15, -0.1) is 11.5 Å². The topological polar surface area (TPSA) is 82.9 Å². The summed E-state index contributed by atoms with van der Waals surface area (Å²) in [6.45, 7) is 2.62. The Morgan fingerprint density at radius 1 is 0.739 bits per heavy atom. The second-order valence-corrected chi connectivity index (χ2v) is 4.90. The fourth-order valence-corrected chi connectivity index (χ4v) is 1.91. The van der Waals surface area contributed by atoms with E-state index in [4.69, 9.17) is 0 Å². The molecule has 5 heteroatoms. The molecule has 5 nitrogen and oxygen atoms in total. The van der Waals surface area contributed by atoms with E-state index in [1.54, 1.807) is 36.7 Å². The summed E-state index contributed by atoms with van der Waals surface area (Å²) in [6, 6.07) is 13.6. The number of para-hydroxylation sites is 2. The van der Waals surface area contributed by atoms with E-state index in [0.717, 1.165) is 0 Å². The highest BCUT2D eigenvalue weighted by atomic mass is 16.3. The summed E-state index contributed by atoms with van der Waals surface area (Å²) in [6.07, 6.45) is 3.21. The zero-order chi connectivity index (χ0) is 16.3. The van der Waals surface area contributed by atoms with Crippen molar-refractivity contribution in [3.8, 4) is 11.5 Å². The van der Waals surface area contributed by atoms with Crippen LogP contribution in [0, 0.1) is 0 Å². The van der Waals surface area contributed by atoms with Gasteiger partial charge in [-0.2, -0.15) is 0 Å². The van der Waals surface area contributed by atoms with E-state index in [1.807, 2.05) is 12.1 Å². The Balaban J connectivity index is 1.60. The molecule has 0 atom stereocenters. The summed E-state index contributed by atoms with van der Waals surface area (Å²) >= 11 is 0. The third-order valence-electron chi connectivity index (χ3n) is 3.13. The van der Waals surface area contributed by atoms with Crippen LogP contribution in [-0.4, -0.2) is 38.6 Å². The molecule has 0 bridgehead atoms. The zero-order valence-electron chi connectivity index (χ0n) is 12.8. The number of benzene rings is 2. The minimum absolute atomic E-state index is 0.0165. The molecule has 0 saturated carbocycles. The number of aliphatic imine (C=N–C) groups is 2. The Kier molecular flexibility index (Phi) is 6.81. The molecule has 120 valence electrons. The lowest BCUT2D eigenvalue weighted by Crippen LogP contribution is -2.21. The maximum Gasteiger partial charge on any atom is 0.0514 e. The van der Waals surface area contributed by atoms with Gasteiger partial charge in [-0.25, -0.2) is 0 Å². The molecule has 0 spiro atoms. The summed E-state index contributed by atoms with van der Waals surface area (Å²) < 4.78 is 0. The van der Waals surface area contributed by atoms with Crippen molar-refractivity contribution in [1.29, 1.82) is 0 Å².